The average molecular weight is 248 g/mol. The third-order valence-corrected chi connectivity index (χ3v) is 3.02. The van der Waals surface area contributed by atoms with Gasteiger partial charge in [0.15, 0.2) is 0 Å². The van der Waals surface area contributed by atoms with Crippen molar-refractivity contribution in [3.63, 3.8) is 0 Å². The van der Waals surface area contributed by atoms with Crippen LogP contribution in [0.25, 0.3) is 0 Å². The summed E-state index contributed by atoms with van der Waals surface area (Å²) in [5.74, 6) is -0.837. The highest BCUT2D eigenvalue weighted by atomic mass is 16.3. The second-order valence-corrected chi connectivity index (χ2v) is 4.27. The second-order valence-electron chi connectivity index (χ2n) is 4.27. The first-order valence-electron chi connectivity index (χ1n) is 5.90. The molecule has 2 amide bonds. The van der Waals surface area contributed by atoms with Crippen LogP contribution in [-0.4, -0.2) is 37.1 Å². The van der Waals surface area contributed by atoms with Gasteiger partial charge in [0.1, 0.15) is 6.61 Å². The van der Waals surface area contributed by atoms with Gasteiger partial charge in [-0.25, -0.2) is 4.90 Å². The number of fused-ring (bicyclic) bond motifs is 1. The summed E-state index contributed by atoms with van der Waals surface area (Å²) in [5, 5.41) is 11.9. The smallest absolute Gasteiger partial charge is 0.259 e. The molecule has 1 heterocycles. The average Bonchev–Trinajstić information content (AvgIpc) is 2.70. The molecule has 5 nitrogen and oxygen atoms in total. The number of amides is 2. The molecule has 0 bridgehead atoms. The molecule has 0 fully saturated rings. The number of aliphatic hydroxyl groups is 1. The maximum Gasteiger partial charge on any atom is 0.259 e. The van der Waals surface area contributed by atoms with Gasteiger partial charge >= 0.3 is 0 Å². The molecule has 0 spiro atoms. The topological polar surface area (TPSA) is 69.6 Å². The number of carbonyl (C=O) groups excluding carboxylic acids is 2. The van der Waals surface area contributed by atoms with E-state index in [1.54, 1.807) is 6.07 Å². The van der Waals surface area contributed by atoms with Crippen LogP contribution in [0.3, 0.4) is 0 Å². The molecule has 0 unspecified atom stereocenters. The molecule has 1 aromatic carbocycles. The molecular formula is C13H16N2O3. The Morgan fingerprint density at radius 1 is 1.50 bits per heavy atom. The lowest BCUT2D eigenvalue weighted by molar-refractivity contribution is -0.127. The van der Waals surface area contributed by atoms with Gasteiger partial charge in [-0.05, 0) is 37.2 Å². The van der Waals surface area contributed by atoms with E-state index in [9.17, 15) is 9.59 Å². The lowest BCUT2D eigenvalue weighted by atomic mass is 10.1. The maximum atomic E-state index is 11.7. The third-order valence-electron chi connectivity index (χ3n) is 3.02. The Kier molecular flexibility index (Phi) is 3.74. The fraction of sp³-hybridized carbons (Fsp3) is 0.385. The molecule has 2 rings (SSSR count). The third kappa shape index (κ3) is 2.27. The summed E-state index contributed by atoms with van der Waals surface area (Å²) in [6, 6.07) is 5.64. The molecule has 0 aliphatic carbocycles. The van der Waals surface area contributed by atoms with Crippen molar-refractivity contribution in [1.82, 2.24) is 5.32 Å². The van der Waals surface area contributed by atoms with Crippen molar-refractivity contribution in [3.8, 4) is 0 Å². The van der Waals surface area contributed by atoms with Gasteiger partial charge in [-0.3, -0.25) is 9.59 Å². The summed E-state index contributed by atoms with van der Waals surface area (Å²) < 4.78 is 0. The summed E-state index contributed by atoms with van der Waals surface area (Å²) >= 11 is 0. The summed E-state index contributed by atoms with van der Waals surface area (Å²) in [4.78, 5) is 24.3. The first-order valence-corrected chi connectivity index (χ1v) is 5.90. The predicted octanol–water partition coefficient (Wildman–Crippen LogP) is -0.143. The Morgan fingerprint density at radius 3 is 2.94 bits per heavy atom. The van der Waals surface area contributed by atoms with E-state index in [2.05, 4.69) is 5.32 Å². The van der Waals surface area contributed by atoms with Crippen LogP contribution in [0.2, 0.25) is 0 Å². The Balaban J connectivity index is 2.26. The van der Waals surface area contributed by atoms with Gasteiger partial charge in [-0.1, -0.05) is 12.1 Å². The fourth-order valence-electron chi connectivity index (χ4n) is 2.14. The summed E-state index contributed by atoms with van der Waals surface area (Å²) in [5.41, 5.74) is 2.59. The van der Waals surface area contributed by atoms with Crippen LogP contribution in [0, 0.1) is 0 Å². The summed E-state index contributed by atoms with van der Waals surface area (Å²) in [7, 11) is 1.89. The lowest BCUT2D eigenvalue weighted by Crippen LogP contribution is -2.35. The number of rotatable bonds is 4. The van der Waals surface area contributed by atoms with E-state index >= 15 is 0 Å². The molecule has 1 aliphatic heterocycles. The Hall–Kier alpha value is -1.72. The molecule has 1 aliphatic rings. The largest absolute Gasteiger partial charge is 0.387 e. The van der Waals surface area contributed by atoms with Gasteiger partial charge in [0.05, 0.1) is 12.1 Å². The maximum absolute atomic E-state index is 11.7. The SMILES string of the molecule is CNCCc1ccc2c(c1)CC(=O)N2C(=O)CO. The van der Waals surface area contributed by atoms with Gasteiger partial charge < -0.3 is 10.4 Å². The van der Waals surface area contributed by atoms with Gasteiger partial charge in [0.25, 0.3) is 5.91 Å². The second kappa shape index (κ2) is 5.29. The molecule has 0 saturated carbocycles. The van der Waals surface area contributed by atoms with Gasteiger partial charge in [-0.2, -0.15) is 0 Å². The van der Waals surface area contributed by atoms with Gasteiger partial charge in [0, 0.05) is 0 Å². The van der Waals surface area contributed by atoms with E-state index in [1.165, 1.54) is 0 Å². The zero-order valence-electron chi connectivity index (χ0n) is 10.3. The number of nitrogens with one attached hydrogen (secondary N) is 1. The van der Waals surface area contributed by atoms with E-state index in [1.807, 2.05) is 19.2 Å². The summed E-state index contributed by atoms with van der Waals surface area (Å²) in [6.07, 6.45) is 1.11. The molecule has 2 N–H and O–H groups in total. The van der Waals surface area contributed by atoms with Crippen LogP contribution in [0.15, 0.2) is 18.2 Å². The quantitative estimate of drug-likeness (QED) is 0.778. The molecular weight excluding hydrogens is 232 g/mol. The Bertz CT molecular complexity index is 485. The predicted molar refractivity (Wildman–Crippen MR) is 67.4 cm³/mol. The van der Waals surface area contributed by atoms with Crippen LogP contribution in [-0.2, 0) is 22.4 Å². The minimum atomic E-state index is -0.646. The number of hydrogen-bond donors (Lipinski definition) is 2. The van der Waals surface area contributed by atoms with Gasteiger partial charge in [0.2, 0.25) is 5.91 Å². The Labute approximate surface area is 105 Å². The normalized spacial score (nSPS) is 13.9. The number of carbonyl (C=O) groups is 2. The summed E-state index contributed by atoms with van der Waals surface area (Å²) in [6.45, 7) is 0.221. The van der Waals surface area contributed by atoms with Crippen LogP contribution < -0.4 is 10.2 Å². The van der Waals surface area contributed by atoms with E-state index in [0.29, 0.717) is 5.69 Å². The number of anilines is 1. The number of likely N-dealkylation sites (N-methyl/N-ethyl adjacent to an activating group) is 1. The van der Waals surface area contributed by atoms with E-state index < -0.39 is 12.5 Å². The van der Waals surface area contributed by atoms with Crippen molar-refractivity contribution in [2.75, 3.05) is 25.1 Å². The highest BCUT2D eigenvalue weighted by Gasteiger charge is 2.31. The molecule has 1 aromatic rings. The first kappa shape index (κ1) is 12.7. The minimum absolute atomic E-state index is 0.231. The number of imide groups is 1. The van der Waals surface area contributed by atoms with E-state index in [4.69, 9.17) is 5.11 Å². The van der Waals surface area contributed by atoms with Crippen LogP contribution >= 0.6 is 0 Å². The number of hydrogen-bond acceptors (Lipinski definition) is 4. The monoisotopic (exact) mass is 248 g/mol. The van der Waals surface area contributed by atoms with Crippen molar-refractivity contribution < 1.29 is 14.7 Å². The van der Waals surface area contributed by atoms with Crippen molar-refractivity contribution in [3.05, 3.63) is 29.3 Å². The molecule has 96 valence electrons. The van der Waals surface area contributed by atoms with Crippen LogP contribution in [0.5, 0.6) is 0 Å². The molecule has 0 saturated heterocycles. The number of aliphatic hydroxyl groups excluding tert-OH is 1. The van der Waals surface area contributed by atoms with Crippen LogP contribution in [0.1, 0.15) is 11.1 Å². The van der Waals surface area contributed by atoms with Crippen molar-refractivity contribution in [1.29, 1.82) is 0 Å². The van der Waals surface area contributed by atoms with E-state index in [0.717, 1.165) is 29.0 Å². The fourth-order valence-corrected chi connectivity index (χ4v) is 2.14. The highest BCUT2D eigenvalue weighted by molar-refractivity contribution is 6.19. The zero-order chi connectivity index (χ0) is 13.1. The lowest BCUT2D eigenvalue weighted by Gasteiger charge is -2.14. The first-order chi connectivity index (χ1) is 8.67. The van der Waals surface area contributed by atoms with Crippen molar-refractivity contribution >= 4 is 17.5 Å². The molecule has 0 radical (unpaired) electrons. The minimum Gasteiger partial charge on any atom is -0.387 e. The van der Waals surface area contributed by atoms with Crippen LogP contribution in [0.4, 0.5) is 5.69 Å². The Morgan fingerprint density at radius 2 is 2.28 bits per heavy atom. The number of benzene rings is 1. The van der Waals surface area contributed by atoms with Crippen molar-refractivity contribution in [2.24, 2.45) is 0 Å². The van der Waals surface area contributed by atoms with E-state index in [-0.39, 0.29) is 12.3 Å². The van der Waals surface area contributed by atoms with Crippen molar-refractivity contribution in [2.45, 2.75) is 12.8 Å². The standard InChI is InChI=1S/C13H16N2O3/c1-14-5-4-9-2-3-11-10(6-9)7-12(17)15(11)13(18)8-16/h2-3,6,14,16H,4-5,7-8H2,1H3. The number of nitrogens with zero attached hydrogens (tertiary/aromatic N) is 1. The zero-order valence-corrected chi connectivity index (χ0v) is 10.3. The molecule has 5 heteroatoms. The molecule has 0 aromatic heterocycles. The van der Waals surface area contributed by atoms with Gasteiger partial charge in [-0.15, -0.1) is 0 Å². The highest BCUT2D eigenvalue weighted by Crippen LogP contribution is 2.29. The molecule has 0 atom stereocenters. The molecule has 18 heavy (non-hydrogen) atoms.